The summed E-state index contributed by atoms with van der Waals surface area (Å²) in [5.41, 5.74) is 5.63. The first kappa shape index (κ1) is 14.4. The van der Waals surface area contributed by atoms with E-state index in [1.54, 1.807) is 0 Å². The lowest BCUT2D eigenvalue weighted by molar-refractivity contribution is -0.124. The molecule has 0 aliphatic carbocycles. The van der Waals surface area contributed by atoms with Crippen molar-refractivity contribution in [2.45, 2.75) is 46.7 Å². The number of hydrogen-bond acceptors (Lipinski definition) is 3. The van der Waals surface area contributed by atoms with Gasteiger partial charge in [0.1, 0.15) is 0 Å². The molecule has 0 rings (SSSR count). The Morgan fingerprint density at radius 2 is 1.93 bits per heavy atom. The molecule has 4 N–H and O–H groups in total. The summed E-state index contributed by atoms with van der Waals surface area (Å²) in [6.45, 7) is 11.5. The lowest BCUT2D eigenvalue weighted by Gasteiger charge is -2.26. The fourth-order valence-corrected chi connectivity index (χ4v) is 1.18. The number of rotatable bonds is 5. The second-order valence-corrected chi connectivity index (χ2v) is 5.05. The van der Waals surface area contributed by atoms with Crippen LogP contribution in [0.5, 0.6) is 0 Å². The highest BCUT2D eigenvalue weighted by Crippen LogP contribution is 2.16. The third-order valence-corrected chi connectivity index (χ3v) is 2.35. The third kappa shape index (κ3) is 5.74. The zero-order valence-electron chi connectivity index (χ0n) is 10.6. The summed E-state index contributed by atoms with van der Waals surface area (Å²) in [5, 5.41) is 6.07. The molecule has 0 fully saturated rings. The van der Waals surface area contributed by atoms with Crippen molar-refractivity contribution in [3.63, 3.8) is 0 Å². The maximum atomic E-state index is 11.6. The Labute approximate surface area is 93.0 Å². The van der Waals surface area contributed by atoms with Crippen molar-refractivity contribution in [3.05, 3.63) is 0 Å². The molecule has 0 heterocycles. The second kappa shape index (κ2) is 6.08. The Morgan fingerprint density at radius 3 is 2.33 bits per heavy atom. The Kier molecular flexibility index (Phi) is 5.83. The molecule has 2 atom stereocenters. The van der Waals surface area contributed by atoms with Gasteiger partial charge in [-0.15, -0.1) is 0 Å². The van der Waals surface area contributed by atoms with Crippen LogP contribution in [-0.2, 0) is 4.79 Å². The molecule has 4 heteroatoms. The normalized spacial score (nSPS) is 15.9. The van der Waals surface area contributed by atoms with Crippen LogP contribution in [0.15, 0.2) is 0 Å². The van der Waals surface area contributed by atoms with Crippen LogP contribution in [0.4, 0.5) is 0 Å². The molecule has 0 bridgehead atoms. The van der Waals surface area contributed by atoms with Crippen LogP contribution in [0, 0.1) is 5.41 Å². The molecule has 0 saturated carbocycles. The van der Waals surface area contributed by atoms with E-state index >= 15 is 0 Å². The van der Waals surface area contributed by atoms with Crippen molar-refractivity contribution < 1.29 is 4.79 Å². The van der Waals surface area contributed by atoms with Crippen molar-refractivity contribution >= 4 is 5.91 Å². The minimum Gasteiger partial charge on any atom is -0.353 e. The van der Waals surface area contributed by atoms with E-state index in [4.69, 9.17) is 5.73 Å². The monoisotopic (exact) mass is 215 g/mol. The topological polar surface area (TPSA) is 67.1 Å². The lowest BCUT2D eigenvalue weighted by atomic mass is 9.87. The fraction of sp³-hybridized carbons (Fsp3) is 0.909. The predicted molar refractivity (Wildman–Crippen MR) is 63.6 cm³/mol. The zero-order valence-corrected chi connectivity index (χ0v) is 10.6. The van der Waals surface area contributed by atoms with Gasteiger partial charge in [-0.1, -0.05) is 27.7 Å². The molecule has 15 heavy (non-hydrogen) atoms. The molecule has 0 aromatic carbocycles. The lowest BCUT2D eigenvalue weighted by Crippen LogP contribution is -2.51. The number of amides is 1. The van der Waals surface area contributed by atoms with Crippen LogP contribution in [0.3, 0.4) is 0 Å². The van der Waals surface area contributed by atoms with E-state index in [0.717, 1.165) is 6.54 Å². The SMILES string of the molecule is CCN[C@H](C)CNC(=O)[C@@H](N)C(C)(C)C. The van der Waals surface area contributed by atoms with Gasteiger partial charge in [0.2, 0.25) is 5.91 Å². The minimum absolute atomic E-state index is 0.0766. The van der Waals surface area contributed by atoms with Gasteiger partial charge in [0.25, 0.3) is 0 Å². The maximum Gasteiger partial charge on any atom is 0.237 e. The average molecular weight is 215 g/mol. The van der Waals surface area contributed by atoms with Gasteiger partial charge in [-0.25, -0.2) is 0 Å². The summed E-state index contributed by atoms with van der Waals surface area (Å²) < 4.78 is 0. The van der Waals surface area contributed by atoms with Gasteiger partial charge in [-0.3, -0.25) is 4.79 Å². The molecule has 0 unspecified atom stereocenters. The van der Waals surface area contributed by atoms with Crippen LogP contribution in [0.2, 0.25) is 0 Å². The molecule has 0 aliphatic heterocycles. The molecule has 0 saturated heterocycles. The van der Waals surface area contributed by atoms with E-state index < -0.39 is 6.04 Å². The Balaban J connectivity index is 3.94. The van der Waals surface area contributed by atoms with Gasteiger partial charge >= 0.3 is 0 Å². The van der Waals surface area contributed by atoms with E-state index in [2.05, 4.69) is 10.6 Å². The first-order valence-corrected chi connectivity index (χ1v) is 5.55. The summed E-state index contributed by atoms with van der Waals surface area (Å²) in [6, 6.07) is -0.169. The van der Waals surface area contributed by atoms with E-state index in [1.165, 1.54) is 0 Å². The highest BCUT2D eigenvalue weighted by Gasteiger charge is 2.27. The molecule has 0 aromatic heterocycles. The molecule has 0 aliphatic rings. The molecular weight excluding hydrogens is 190 g/mol. The largest absolute Gasteiger partial charge is 0.353 e. The molecule has 0 aromatic rings. The van der Waals surface area contributed by atoms with Gasteiger partial charge in [0, 0.05) is 12.6 Å². The van der Waals surface area contributed by atoms with Gasteiger partial charge in [0.15, 0.2) is 0 Å². The summed E-state index contributed by atoms with van der Waals surface area (Å²) in [4.78, 5) is 11.6. The first-order chi connectivity index (χ1) is 6.79. The molecule has 1 amide bonds. The Morgan fingerprint density at radius 1 is 1.40 bits per heavy atom. The van der Waals surface area contributed by atoms with Crippen LogP contribution in [-0.4, -0.2) is 31.1 Å². The number of carbonyl (C=O) groups is 1. The summed E-state index contributed by atoms with van der Waals surface area (Å²) in [5.74, 6) is -0.0766. The van der Waals surface area contributed by atoms with Gasteiger partial charge in [0.05, 0.1) is 6.04 Å². The summed E-state index contributed by atoms with van der Waals surface area (Å²) >= 11 is 0. The molecule has 0 radical (unpaired) electrons. The highest BCUT2D eigenvalue weighted by atomic mass is 16.2. The van der Waals surface area contributed by atoms with Crippen LogP contribution >= 0.6 is 0 Å². The Hall–Kier alpha value is -0.610. The van der Waals surface area contributed by atoms with Crippen LogP contribution in [0.25, 0.3) is 0 Å². The summed E-state index contributed by atoms with van der Waals surface area (Å²) in [6.07, 6.45) is 0. The van der Waals surface area contributed by atoms with E-state index in [0.29, 0.717) is 6.54 Å². The van der Waals surface area contributed by atoms with Crippen molar-refractivity contribution in [2.75, 3.05) is 13.1 Å². The van der Waals surface area contributed by atoms with E-state index in [1.807, 2.05) is 34.6 Å². The standard InChI is InChI=1S/C11H25N3O/c1-6-13-8(2)7-14-10(15)9(12)11(3,4)5/h8-9,13H,6-7,12H2,1-5H3,(H,14,15)/t8-,9-/m1/s1. The predicted octanol–water partition coefficient (Wildman–Crippen LogP) is 0.474. The van der Waals surface area contributed by atoms with Crippen molar-refractivity contribution in [1.29, 1.82) is 0 Å². The smallest absolute Gasteiger partial charge is 0.237 e. The molecule has 4 nitrogen and oxygen atoms in total. The van der Waals surface area contributed by atoms with E-state index in [9.17, 15) is 4.79 Å². The van der Waals surface area contributed by atoms with Crippen molar-refractivity contribution in [3.8, 4) is 0 Å². The van der Waals surface area contributed by atoms with Gasteiger partial charge in [-0.2, -0.15) is 0 Å². The highest BCUT2D eigenvalue weighted by molar-refractivity contribution is 5.82. The number of hydrogen-bond donors (Lipinski definition) is 3. The molecular formula is C11H25N3O. The van der Waals surface area contributed by atoms with Crippen molar-refractivity contribution in [1.82, 2.24) is 10.6 Å². The second-order valence-electron chi connectivity index (χ2n) is 5.05. The fourth-order valence-electron chi connectivity index (χ4n) is 1.18. The number of nitrogens with two attached hydrogens (primary N) is 1. The van der Waals surface area contributed by atoms with E-state index in [-0.39, 0.29) is 17.4 Å². The molecule has 90 valence electrons. The van der Waals surface area contributed by atoms with Crippen molar-refractivity contribution in [2.24, 2.45) is 11.1 Å². The maximum absolute atomic E-state index is 11.6. The zero-order chi connectivity index (χ0) is 12.1. The number of carbonyl (C=O) groups excluding carboxylic acids is 1. The van der Waals surface area contributed by atoms with Gasteiger partial charge < -0.3 is 16.4 Å². The first-order valence-electron chi connectivity index (χ1n) is 5.55. The van der Waals surface area contributed by atoms with Crippen LogP contribution in [0.1, 0.15) is 34.6 Å². The quantitative estimate of drug-likeness (QED) is 0.624. The average Bonchev–Trinajstić information content (AvgIpc) is 2.12. The Bertz CT molecular complexity index is 198. The molecule has 0 spiro atoms. The van der Waals surface area contributed by atoms with Gasteiger partial charge in [-0.05, 0) is 18.9 Å². The third-order valence-electron chi connectivity index (χ3n) is 2.35. The van der Waals surface area contributed by atoms with Crippen LogP contribution < -0.4 is 16.4 Å². The number of likely N-dealkylation sites (N-methyl/N-ethyl adjacent to an activating group) is 1. The minimum atomic E-state index is -0.452. The number of nitrogens with one attached hydrogen (secondary N) is 2. The summed E-state index contributed by atoms with van der Waals surface area (Å²) in [7, 11) is 0.